The first kappa shape index (κ1) is 14.0. The van der Waals surface area contributed by atoms with Crippen LogP contribution in [0.5, 0.6) is 0 Å². The third-order valence-corrected chi connectivity index (χ3v) is 6.25. The number of rotatable bonds is 3. The number of nitrogens with zero attached hydrogens (tertiary/aromatic N) is 2. The lowest BCUT2D eigenvalue weighted by atomic mass is 10.2. The topological polar surface area (TPSA) is 25.8 Å². The fourth-order valence-corrected chi connectivity index (χ4v) is 5.19. The lowest BCUT2D eigenvalue weighted by Crippen LogP contribution is -2.21. The van der Waals surface area contributed by atoms with Crippen LogP contribution in [0.15, 0.2) is 91.4 Å². The van der Waals surface area contributed by atoms with Gasteiger partial charge in [-0.2, -0.15) is 0 Å². The molecule has 0 fully saturated rings. The summed E-state index contributed by atoms with van der Waals surface area (Å²) in [7, 11) is -0.636. The molecule has 0 atom stereocenters. The first-order valence-corrected chi connectivity index (χ1v) is 8.86. The number of hydrogen-bond donors (Lipinski definition) is 0. The van der Waals surface area contributed by atoms with Gasteiger partial charge in [0.05, 0.1) is 5.52 Å². The number of hydrogen-bond acceptors (Lipinski definition) is 2. The average Bonchev–Trinajstić information content (AvgIpc) is 2.64. The van der Waals surface area contributed by atoms with E-state index in [-0.39, 0.29) is 0 Å². The summed E-state index contributed by atoms with van der Waals surface area (Å²) in [5.74, 6) is 0. The molecule has 0 aliphatic carbocycles. The second-order valence-electron chi connectivity index (χ2n) is 5.24. The van der Waals surface area contributed by atoms with Crippen LogP contribution in [-0.2, 0) is 0 Å². The minimum Gasteiger partial charge on any atom is -0.244 e. The Balaban J connectivity index is 1.98. The summed E-state index contributed by atoms with van der Waals surface area (Å²) in [6.45, 7) is 0. The minimum absolute atomic E-state index is 0.636. The molecular weight excluding hydrogens is 299 g/mol. The normalized spacial score (nSPS) is 11.0. The van der Waals surface area contributed by atoms with Crippen LogP contribution in [0.4, 0.5) is 0 Å². The van der Waals surface area contributed by atoms with Gasteiger partial charge in [0.15, 0.2) is 0 Å². The van der Waals surface area contributed by atoms with Gasteiger partial charge in [0.1, 0.15) is 6.33 Å². The molecule has 3 heteroatoms. The number of benzene rings is 3. The van der Waals surface area contributed by atoms with E-state index in [2.05, 4.69) is 88.8 Å². The Morgan fingerprint density at radius 2 is 1.30 bits per heavy atom. The van der Waals surface area contributed by atoms with Crippen molar-refractivity contribution in [1.82, 2.24) is 9.97 Å². The molecule has 0 aliphatic rings. The van der Waals surface area contributed by atoms with Gasteiger partial charge in [0.2, 0.25) is 0 Å². The molecule has 4 rings (SSSR count). The molecule has 0 aliphatic heterocycles. The summed E-state index contributed by atoms with van der Waals surface area (Å²) >= 11 is 0. The van der Waals surface area contributed by atoms with Gasteiger partial charge in [0.25, 0.3) is 0 Å². The van der Waals surface area contributed by atoms with E-state index < -0.39 is 7.92 Å². The SMILES string of the molecule is c1ccc(P(c2ccccc2)c2cccc3cncnc23)cc1. The van der Waals surface area contributed by atoms with E-state index in [1.54, 1.807) is 6.33 Å². The van der Waals surface area contributed by atoms with Gasteiger partial charge in [-0.05, 0) is 18.5 Å². The molecule has 2 nitrogen and oxygen atoms in total. The molecule has 0 unspecified atom stereocenters. The zero-order valence-corrected chi connectivity index (χ0v) is 13.4. The molecule has 0 saturated carbocycles. The lowest BCUT2D eigenvalue weighted by molar-refractivity contribution is 1.23. The van der Waals surface area contributed by atoms with Gasteiger partial charge in [0, 0.05) is 16.9 Å². The maximum atomic E-state index is 4.56. The van der Waals surface area contributed by atoms with E-state index in [0.29, 0.717) is 0 Å². The highest BCUT2D eigenvalue weighted by molar-refractivity contribution is 7.80. The molecule has 3 aromatic carbocycles. The van der Waals surface area contributed by atoms with Crippen LogP contribution in [0, 0.1) is 0 Å². The Bertz CT molecular complexity index is 879. The Labute approximate surface area is 136 Å². The predicted molar refractivity (Wildman–Crippen MR) is 98.2 cm³/mol. The molecule has 0 radical (unpaired) electrons. The van der Waals surface area contributed by atoms with Gasteiger partial charge in [-0.1, -0.05) is 78.9 Å². The number of aromatic nitrogens is 2. The molecular formula is C20H15N2P. The van der Waals surface area contributed by atoms with E-state index in [1.165, 1.54) is 15.9 Å². The molecule has 0 spiro atoms. The molecule has 23 heavy (non-hydrogen) atoms. The molecule has 0 N–H and O–H groups in total. The third-order valence-electron chi connectivity index (χ3n) is 3.78. The molecule has 0 saturated heterocycles. The van der Waals surface area contributed by atoms with Crippen molar-refractivity contribution in [3.8, 4) is 0 Å². The minimum atomic E-state index is -0.636. The lowest BCUT2D eigenvalue weighted by Gasteiger charge is -2.20. The largest absolute Gasteiger partial charge is 0.244 e. The van der Waals surface area contributed by atoms with Crippen molar-refractivity contribution in [1.29, 1.82) is 0 Å². The summed E-state index contributed by atoms with van der Waals surface area (Å²) in [6.07, 6.45) is 3.52. The fourth-order valence-electron chi connectivity index (χ4n) is 2.76. The molecule has 0 bridgehead atoms. The van der Waals surface area contributed by atoms with Crippen LogP contribution in [0.2, 0.25) is 0 Å². The van der Waals surface area contributed by atoms with E-state index in [1.807, 2.05) is 6.20 Å². The molecule has 0 amide bonds. The Kier molecular flexibility index (Phi) is 3.83. The molecule has 1 aromatic heterocycles. The Hall–Kier alpha value is -2.57. The summed E-state index contributed by atoms with van der Waals surface area (Å²) in [4.78, 5) is 8.71. The highest BCUT2D eigenvalue weighted by atomic mass is 31.1. The Morgan fingerprint density at radius 3 is 1.96 bits per heavy atom. The second-order valence-corrected chi connectivity index (χ2v) is 7.43. The summed E-state index contributed by atoms with van der Waals surface area (Å²) in [6, 6.07) is 27.7. The van der Waals surface area contributed by atoms with Crippen molar-refractivity contribution in [3.05, 3.63) is 91.4 Å². The molecule has 4 aromatic rings. The van der Waals surface area contributed by atoms with Crippen LogP contribution < -0.4 is 15.9 Å². The van der Waals surface area contributed by atoms with E-state index >= 15 is 0 Å². The van der Waals surface area contributed by atoms with Crippen LogP contribution in [0.25, 0.3) is 10.9 Å². The fraction of sp³-hybridized carbons (Fsp3) is 0. The standard InChI is InChI=1S/C20H15N2P/c1-3-9-17(10-4-1)23(18-11-5-2-6-12-18)19-13-7-8-16-14-21-15-22-20(16)19/h1-15H. The third kappa shape index (κ3) is 2.74. The maximum absolute atomic E-state index is 4.56. The molecule has 110 valence electrons. The zero-order valence-electron chi connectivity index (χ0n) is 12.5. The van der Waals surface area contributed by atoms with Gasteiger partial charge >= 0.3 is 0 Å². The quantitative estimate of drug-likeness (QED) is 0.542. The summed E-state index contributed by atoms with van der Waals surface area (Å²) in [5.41, 5.74) is 1.04. The van der Waals surface area contributed by atoms with Crippen molar-refractivity contribution in [2.45, 2.75) is 0 Å². The predicted octanol–water partition coefficient (Wildman–Crippen LogP) is 3.39. The van der Waals surface area contributed by atoms with Crippen LogP contribution in [0.3, 0.4) is 0 Å². The molecule has 1 heterocycles. The van der Waals surface area contributed by atoms with Crippen molar-refractivity contribution in [2.75, 3.05) is 0 Å². The van der Waals surface area contributed by atoms with Crippen molar-refractivity contribution in [3.63, 3.8) is 0 Å². The van der Waals surface area contributed by atoms with Crippen molar-refractivity contribution >= 4 is 34.7 Å². The number of fused-ring (bicyclic) bond motifs is 1. The van der Waals surface area contributed by atoms with Gasteiger partial charge in [-0.15, -0.1) is 0 Å². The van der Waals surface area contributed by atoms with Crippen molar-refractivity contribution < 1.29 is 0 Å². The van der Waals surface area contributed by atoms with E-state index in [0.717, 1.165) is 10.9 Å². The first-order chi connectivity index (χ1) is 11.4. The van der Waals surface area contributed by atoms with Crippen LogP contribution in [0.1, 0.15) is 0 Å². The van der Waals surface area contributed by atoms with Gasteiger partial charge in [-0.3, -0.25) is 0 Å². The van der Waals surface area contributed by atoms with Crippen molar-refractivity contribution in [2.24, 2.45) is 0 Å². The van der Waals surface area contributed by atoms with Gasteiger partial charge in [-0.25, -0.2) is 9.97 Å². The highest BCUT2D eigenvalue weighted by Crippen LogP contribution is 2.34. The smallest absolute Gasteiger partial charge is 0.116 e. The van der Waals surface area contributed by atoms with Crippen LogP contribution >= 0.6 is 7.92 Å². The highest BCUT2D eigenvalue weighted by Gasteiger charge is 2.18. The summed E-state index contributed by atoms with van der Waals surface area (Å²) < 4.78 is 0. The average molecular weight is 314 g/mol. The van der Waals surface area contributed by atoms with E-state index in [4.69, 9.17) is 0 Å². The van der Waals surface area contributed by atoms with Crippen LogP contribution in [-0.4, -0.2) is 9.97 Å². The second kappa shape index (κ2) is 6.28. The Morgan fingerprint density at radius 1 is 0.652 bits per heavy atom. The number of para-hydroxylation sites is 1. The van der Waals surface area contributed by atoms with Gasteiger partial charge < -0.3 is 0 Å². The monoisotopic (exact) mass is 314 g/mol. The maximum Gasteiger partial charge on any atom is 0.116 e. The summed E-state index contributed by atoms with van der Waals surface area (Å²) in [5, 5.41) is 5.03. The zero-order chi connectivity index (χ0) is 15.5. The first-order valence-electron chi connectivity index (χ1n) is 7.52. The van der Waals surface area contributed by atoms with E-state index in [9.17, 15) is 0 Å².